The third-order valence-corrected chi connectivity index (χ3v) is 5.87. The average Bonchev–Trinajstić information content (AvgIpc) is 2.92. The number of hydrogen-bond donors (Lipinski definition) is 1. The number of aryl methyl sites for hydroxylation is 4. The van der Waals surface area contributed by atoms with E-state index in [4.69, 9.17) is 0 Å². The second-order valence-corrected chi connectivity index (χ2v) is 7.99. The number of thiophene rings is 1. The molecule has 0 saturated heterocycles. The summed E-state index contributed by atoms with van der Waals surface area (Å²) in [7, 11) is 0. The smallest absolute Gasteiger partial charge is 0.260 e. The first-order valence-electron chi connectivity index (χ1n) is 8.84. The molecule has 0 fully saturated rings. The Labute approximate surface area is 157 Å². The van der Waals surface area contributed by atoms with Gasteiger partial charge in [-0.25, -0.2) is 0 Å². The van der Waals surface area contributed by atoms with Gasteiger partial charge in [0.2, 0.25) is 0 Å². The lowest BCUT2D eigenvalue weighted by atomic mass is 10.00. The van der Waals surface area contributed by atoms with Crippen LogP contribution in [0.2, 0.25) is 0 Å². The molecule has 0 aliphatic rings. The predicted octanol–water partition coefficient (Wildman–Crippen LogP) is 4.50. The summed E-state index contributed by atoms with van der Waals surface area (Å²) < 4.78 is 2.50. The summed E-state index contributed by atoms with van der Waals surface area (Å²) in [5.41, 5.74) is 3.85. The highest BCUT2D eigenvalue weighted by Gasteiger charge is 2.22. The summed E-state index contributed by atoms with van der Waals surface area (Å²) >= 11 is 1.49. The second kappa shape index (κ2) is 7.08. The van der Waals surface area contributed by atoms with Crippen molar-refractivity contribution in [2.24, 2.45) is 0 Å². The van der Waals surface area contributed by atoms with Gasteiger partial charge in [-0.1, -0.05) is 23.8 Å². The Morgan fingerprint density at radius 1 is 1.23 bits per heavy atom. The molecule has 0 bridgehead atoms. The Balaban J connectivity index is 2.00. The van der Waals surface area contributed by atoms with Gasteiger partial charge in [-0.05, 0) is 51.8 Å². The number of rotatable bonds is 4. The van der Waals surface area contributed by atoms with Gasteiger partial charge in [-0.2, -0.15) is 0 Å². The van der Waals surface area contributed by atoms with E-state index in [2.05, 4.69) is 37.4 Å². The summed E-state index contributed by atoms with van der Waals surface area (Å²) in [6, 6.07) is 8.01. The van der Waals surface area contributed by atoms with Crippen molar-refractivity contribution in [2.75, 3.05) is 0 Å². The van der Waals surface area contributed by atoms with E-state index in [1.807, 2.05) is 26.8 Å². The number of amides is 1. The molecule has 2 heterocycles. The van der Waals surface area contributed by atoms with E-state index in [-0.39, 0.29) is 17.5 Å². The van der Waals surface area contributed by atoms with Crippen molar-refractivity contribution in [2.45, 2.75) is 47.2 Å². The maximum atomic E-state index is 13.0. The monoisotopic (exact) mass is 368 g/mol. The summed E-state index contributed by atoms with van der Waals surface area (Å²) in [5.74, 6) is -0.188. The molecule has 1 amide bonds. The van der Waals surface area contributed by atoms with E-state index in [0.29, 0.717) is 17.5 Å². The third kappa shape index (κ3) is 3.19. The molecule has 0 saturated carbocycles. The molecule has 26 heavy (non-hydrogen) atoms. The highest BCUT2D eigenvalue weighted by Crippen LogP contribution is 2.29. The van der Waals surface area contributed by atoms with Crippen LogP contribution in [0.25, 0.3) is 10.1 Å². The van der Waals surface area contributed by atoms with Crippen LogP contribution >= 0.6 is 11.3 Å². The van der Waals surface area contributed by atoms with Crippen LogP contribution in [0.15, 0.2) is 35.3 Å². The molecule has 136 valence electrons. The zero-order valence-corrected chi connectivity index (χ0v) is 16.7. The Morgan fingerprint density at radius 3 is 2.62 bits per heavy atom. The van der Waals surface area contributed by atoms with Crippen LogP contribution in [0.5, 0.6) is 0 Å². The number of pyridine rings is 1. The van der Waals surface area contributed by atoms with E-state index in [1.54, 1.807) is 10.8 Å². The summed E-state index contributed by atoms with van der Waals surface area (Å²) in [4.78, 5) is 26.6. The van der Waals surface area contributed by atoms with Gasteiger partial charge in [0.15, 0.2) is 0 Å². The fraction of sp³-hybridized carbons (Fsp3) is 0.333. The fourth-order valence-corrected chi connectivity index (χ4v) is 4.49. The van der Waals surface area contributed by atoms with Gasteiger partial charge in [0.25, 0.3) is 11.5 Å². The van der Waals surface area contributed by atoms with Crippen molar-refractivity contribution in [1.29, 1.82) is 0 Å². The molecule has 2 aromatic heterocycles. The molecule has 5 heteroatoms. The van der Waals surface area contributed by atoms with Gasteiger partial charge in [0.05, 0.1) is 17.0 Å². The molecule has 4 nitrogen and oxygen atoms in total. The molecule has 1 atom stereocenters. The maximum Gasteiger partial charge on any atom is 0.260 e. The van der Waals surface area contributed by atoms with E-state index in [0.717, 1.165) is 20.7 Å². The molecule has 0 aliphatic heterocycles. The summed E-state index contributed by atoms with van der Waals surface area (Å²) in [5, 5.41) is 3.61. The van der Waals surface area contributed by atoms with Gasteiger partial charge in [-0.15, -0.1) is 11.3 Å². The fourth-order valence-electron chi connectivity index (χ4n) is 3.45. The molecule has 0 radical (unpaired) electrons. The van der Waals surface area contributed by atoms with E-state index < -0.39 is 0 Å². The molecule has 1 N–H and O–H groups in total. The lowest BCUT2D eigenvalue weighted by molar-refractivity contribution is 0.0941. The summed E-state index contributed by atoms with van der Waals surface area (Å²) in [6.07, 6.45) is 1.79. The number of nitrogens with one attached hydrogen (secondary N) is 1. The van der Waals surface area contributed by atoms with Gasteiger partial charge in [0, 0.05) is 22.3 Å². The van der Waals surface area contributed by atoms with E-state index in [9.17, 15) is 9.59 Å². The van der Waals surface area contributed by atoms with E-state index in [1.165, 1.54) is 16.9 Å². The lowest BCUT2D eigenvalue weighted by Crippen LogP contribution is -2.29. The molecular formula is C21H24N2O2S. The zero-order valence-electron chi connectivity index (χ0n) is 15.8. The second-order valence-electron chi connectivity index (χ2n) is 6.73. The van der Waals surface area contributed by atoms with Gasteiger partial charge in [-0.3, -0.25) is 9.59 Å². The number of carbonyl (C=O) groups excluding carboxylic acids is 1. The Hall–Kier alpha value is -2.40. The first kappa shape index (κ1) is 18.4. The van der Waals surface area contributed by atoms with Crippen molar-refractivity contribution in [3.63, 3.8) is 0 Å². The Morgan fingerprint density at radius 2 is 1.96 bits per heavy atom. The van der Waals surface area contributed by atoms with Gasteiger partial charge >= 0.3 is 0 Å². The number of fused-ring (bicyclic) bond motifs is 1. The van der Waals surface area contributed by atoms with Crippen LogP contribution in [-0.4, -0.2) is 10.5 Å². The molecule has 0 unspecified atom stereocenters. The van der Waals surface area contributed by atoms with Crippen molar-refractivity contribution < 1.29 is 4.79 Å². The summed E-state index contributed by atoms with van der Waals surface area (Å²) in [6.45, 7) is 10.5. The van der Waals surface area contributed by atoms with Crippen molar-refractivity contribution in [3.8, 4) is 0 Å². The van der Waals surface area contributed by atoms with Crippen molar-refractivity contribution in [1.82, 2.24) is 9.88 Å². The van der Waals surface area contributed by atoms with Crippen LogP contribution in [0.4, 0.5) is 0 Å². The molecule has 1 aromatic carbocycles. The first-order chi connectivity index (χ1) is 12.3. The lowest BCUT2D eigenvalue weighted by Gasteiger charge is -2.17. The van der Waals surface area contributed by atoms with Crippen LogP contribution < -0.4 is 10.9 Å². The SMILES string of the molecule is CCn1ccc2sc(C)c(C(=O)N[C@H](C)c3ccc(C)cc3C)c2c1=O. The van der Waals surface area contributed by atoms with Crippen LogP contribution in [-0.2, 0) is 6.54 Å². The minimum absolute atomic E-state index is 0.0985. The normalized spacial score (nSPS) is 12.3. The molecule has 0 aliphatic carbocycles. The zero-order chi connectivity index (χ0) is 19.0. The van der Waals surface area contributed by atoms with Gasteiger partial charge < -0.3 is 9.88 Å². The minimum Gasteiger partial charge on any atom is -0.345 e. The number of carbonyl (C=O) groups is 1. The largest absolute Gasteiger partial charge is 0.345 e. The van der Waals surface area contributed by atoms with Crippen LogP contribution in [0.3, 0.4) is 0 Å². The van der Waals surface area contributed by atoms with Crippen LogP contribution in [0.1, 0.15) is 51.8 Å². The Kier molecular flexibility index (Phi) is 5.01. The number of nitrogens with zero attached hydrogens (tertiary/aromatic N) is 1. The number of benzene rings is 1. The molecular weight excluding hydrogens is 344 g/mol. The molecule has 0 spiro atoms. The van der Waals surface area contributed by atoms with Gasteiger partial charge in [0.1, 0.15) is 0 Å². The standard InChI is InChI=1S/C21H24N2O2S/c1-6-23-10-9-17-19(21(23)25)18(15(5)26-17)20(24)22-14(4)16-8-7-12(2)11-13(16)3/h7-11,14H,6H2,1-5H3,(H,22,24)/t14-/m1/s1. The first-order valence-corrected chi connectivity index (χ1v) is 9.65. The number of aromatic nitrogens is 1. The van der Waals surface area contributed by atoms with Crippen molar-refractivity contribution in [3.05, 3.63) is 67.9 Å². The topological polar surface area (TPSA) is 51.1 Å². The van der Waals surface area contributed by atoms with Crippen molar-refractivity contribution >= 4 is 27.3 Å². The average molecular weight is 369 g/mol. The minimum atomic E-state index is -0.188. The van der Waals surface area contributed by atoms with Crippen LogP contribution in [0, 0.1) is 20.8 Å². The molecule has 3 aromatic rings. The highest BCUT2D eigenvalue weighted by molar-refractivity contribution is 7.19. The molecule has 3 rings (SSSR count). The highest BCUT2D eigenvalue weighted by atomic mass is 32.1. The Bertz CT molecular complexity index is 1050. The maximum absolute atomic E-state index is 13.0. The number of hydrogen-bond acceptors (Lipinski definition) is 3. The van der Waals surface area contributed by atoms with E-state index >= 15 is 0 Å². The predicted molar refractivity (Wildman–Crippen MR) is 108 cm³/mol. The third-order valence-electron chi connectivity index (χ3n) is 4.80. The quantitative estimate of drug-likeness (QED) is 0.737.